The summed E-state index contributed by atoms with van der Waals surface area (Å²) in [6, 6.07) is 9.43. The number of nitrogens with one attached hydrogen (secondary N) is 2. The Morgan fingerprint density at radius 1 is 1.22 bits per heavy atom. The van der Waals surface area contributed by atoms with Crippen molar-refractivity contribution in [2.45, 2.75) is 6.42 Å². The van der Waals surface area contributed by atoms with E-state index < -0.39 is 0 Å². The number of amides is 1. The van der Waals surface area contributed by atoms with Crippen LogP contribution in [0.4, 0.5) is 0 Å². The molecule has 1 saturated heterocycles. The van der Waals surface area contributed by atoms with Crippen molar-refractivity contribution in [1.29, 1.82) is 0 Å². The number of nitrogens with zero attached hydrogens (tertiary/aromatic N) is 2. The predicted octanol–water partition coefficient (Wildman–Crippen LogP) is -0.228. The Labute approximate surface area is 134 Å². The highest BCUT2D eigenvalue weighted by Gasteiger charge is 2.16. The van der Waals surface area contributed by atoms with E-state index in [-0.39, 0.29) is 11.8 Å². The summed E-state index contributed by atoms with van der Waals surface area (Å²) in [6.07, 6.45) is 0.917. The molecule has 3 rings (SSSR count). The van der Waals surface area contributed by atoms with E-state index in [0.717, 1.165) is 44.8 Å². The molecular weight excluding hydrogens is 296 g/mol. The van der Waals surface area contributed by atoms with Crippen LogP contribution in [0.25, 0.3) is 11.4 Å². The summed E-state index contributed by atoms with van der Waals surface area (Å²) in [7, 11) is 0. The average Bonchev–Trinajstić information content (AvgIpc) is 3.10. The quantitative estimate of drug-likeness (QED) is 0.720. The number of hydrogen-bond acceptors (Lipinski definition) is 5. The van der Waals surface area contributed by atoms with Crippen LogP contribution in [-0.2, 0) is 4.74 Å². The molecule has 0 spiro atoms. The molecule has 1 aromatic heterocycles. The molecule has 0 atom stereocenters. The third-order valence-corrected chi connectivity index (χ3v) is 3.84. The van der Waals surface area contributed by atoms with Crippen molar-refractivity contribution >= 4 is 5.91 Å². The SMILES string of the molecule is O=C(NCCC[NH+]1CCOCC1)c1nc(-c2ccccc2)no1. The highest BCUT2D eigenvalue weighted by molar-refractivity contribution is 5.89. The molecule has 1 aliphatic heterocycles. The first-order valence-electron chi connectivity index (χ1n) is 7.91. The maximum absolute atomic E-state index is 12.0. The molecule has 0 bridgehead atoms. The molecule has 1 aliphatic rings. The molecule has 0 aliphatic carbocycles. The fourth-order valence-corrected chi connectivity index (χ4v) is 2.55. The monoisotopic (exact) mass is 317 g/mol. The molecule has 1 fully saturated rings. The second-order valence-electron chi connectivity index (χ2n) is 5.51. The normalized spacial score (nSPS) is 15.5. The van der Waals surface area contributed by atoms with Crippen molar-refractivity contribution in [3.05, 3.63) is 36.2 Å². The summed E-state index contributed by atoms with van der Waals surface area (Å²) in [5, 5.41) is 6.67. The lowest BCUT2D eigenvalue weighted by molar-refractivity contribution is -0.908. The van der Waals surface area contributed by atoms with E-state index in [1.807, 2.05) is 30.3 Å². The molecule has 2 N–H and O–H groups in total. The number of quaternary nitrogens is 1. The molecule has 1 amide bonds. The van der Waals surface area contributed by atoms with Crippen LogP contribution in [0.5, 0.6) is 0 Å². The second kappa shape index (κ2) is 7.85. The summed E-state index contributed by atoms with van der Waals surface area (Å²) < 4.78 is 10.4. The molecule has 0 saturated carbocycles. The highest BCUT2D eigenvalue weighted by Crippen LogP contribution is 2.14. The molecular formula is C16H21N4O3+. The zero-order valence-electron chi connectivity index (χ0n) is 13.0. The van der Waals surface area contributed by atoms with Gasteiger partial charge in [-0.3, -0.25) is 4.79 Å². The lowest BCUT2D eigenvalue weighted by atomic mass is 10.2. The predicted molar refractivity (Wildman–Crippen MR) is 83.1 cm³/mol. The second-order valence-corrected chi connectivity index (χ2v) is 5.51. The zero-order valence-corrected chi connectivity index (χ0v) is 13.0. The molecule has 0 radical (unpaired) electrons. The summed E-state index contributed by atoms with van der Waals surface area (Å²) >= 11 is 0. The third kappa shape index (κ3) is 4.37. The summed E-state index contributed by atoms with van der Waals surface area (Å²) in [6.45, 7) is 5.36. The van der Waals surface area contributed by atoms with Gasteiger partial charge in [-0.15, -0.1) is 0 Å². The topological polar surface area (TPSA) is 81.7 Å². The van der Waals surface area contributed by atoms with Gasteiger partial charge in [0.1, 0.15) is 13.1 Å². The molecule has 23 heavy (non-hydrogen) atoms. The van der Waals surface area contributed by atoms with Crippen LogP contribution >= 0.6 is 0 Å². The number of ether oxygens (including phenoxy) is 1. The summed E-state index contributed by atoms with van der Waals surface area (Å²) in [5.41, 5.74) is 0.825. The maximum atomic E-state index is 12.0. The molecule has 2 heterocycles. The van der Waals surface area contributed by atoms with Gasteiger partial charge in [0.2, 0.25) is 5.82 Å². The van der Waals surface area contributed by atoms with Crippen LogP contribution in [-0.4, -0.2) is 55.4 Å². The highest BCUT2D eigenvalue weighted by atomic mass is 16.5. The van der Waals surface area contributed by atoms with Crippen molar-refractivity contribution in [3.8, 4) is 11.4 Å². The van der Waals surface area contributed by atoms with Gasteiger partial charge in [0.05, 0.1) is 19.8 Å². The Morgan fingerprint density at radius 2 is 2.00 bits per heavy atom. The fourth-order valence-electron chi connectivity index (χ4n) is 2.55. The van der Waals surface area contributed by atoms with Gasteiger partial charge in [-0.1, -0.05) is 35.5 Å². The van der Waals surface area contributed by atoms with Crippen molar-refractivity contribution < 1.29 is 19.0 Å². The van der Waals surface area contributed by atoms with Crippen molar-refractivity contribution in [3.63, 3.8) is 0 Å². The van der Waals surface area contributed by atoms with Gasteiger partial charge >= 0.3 is 11.8 Å². The van der Waals surface area contributed by atoms with E-state index in [1.165, 1.54) is 4.90 Å². The van der Waals surface area contributed by atoms with Gasteiger partial charge in [-0.05, 0) is 0 Å². The third-order valence-electron chi connectivity index (χ3n) is 3.84. The van der Waals surface area contributed by atoms with E-state index in [0.29, 0.717) is 12.4 Å². The van der Waals surface area contributed by atoms with Gasteiger partial charge in [0, 0.05) is 18.5 Å². The van der Waals surface area contributed by atoms with Crippen LogP contribution in [0.1, 0.15) is 17.1 Å². The smallest absolute Gasteiger partial charge is 0.316 e. The first-order valence-corrected chi connectivity index (χ1v) is 7.91. The number of aromatic nitrogens is 2. The lowest BCUT2D eigenvalue weighted by Crippen LogP contribution is -3.14. The van der Waals surface area contributed by atoms with Gasteiger partial charge in [0.25, 0.3) is 0 Å². The Hall–Kier alpha value is -2.25. The number of carbonyl (C=O) groups is 1. The molecule has 122 valence electrons. The van der Waals surface area contributed by atoms with Crippen molar-refractivity contribution in [2.24, 2.45) is 0 Å². The van der Waals surface area contributed by atoms with Gasteiger partial charge in [-0.25, -0.2) is 0 Å². The van der Waals surface area contributed by atoms with E-state index in [2.05, 4.69) is 15.5 Å². The average molecular weight is 317 g/mol. The molecule has 0 unspecified atom stereocenters. The zero-order chi connectivity index (χ0) is 15.9. The minimum Gasteiger partial charge on any atom is -0.370 e. The van der Waals surface area contributed by atoms with Crippen LogP contribution in [0.2, 0.25) is 0 Å². The van der Waals surface area contributed by atoms with Gasteiger partial charge in [-0.2, -0.15) is 4.98 Å². The minimum atomic E-state index is -0.323. The van der Waals surface area contributed by atoms with Crippen LogP contribution < -0.4 is 10.2 Å². The maximum Gasteiger partial charge on any atom is 0.316 e. The van der Waals surface area contributed by atoms with E-state index >= 15 is 0 Å². The number of benzene rings is 1. The first kappa shape index (κ1) is 15.6. The van der Waals surface area contributed by atoms with E-state index in [4.69, 9.17) is 9.26 Å². The summed E-state index contributed by atoms with van der Waals surface area (Å²) in [4.78, 5) is 17.7. The van der Waals surface area contributed by atoms with Gasteiger partial charge in [0.15, 0.2) is 0 Å². The van der Waals surface area contributed by atoms with E-state index in [9.17, 15) is 4.79 Å². The number of morpholine rings is 1. The molecule has 1 aromatic carbocycles. The fraction of sp³-hybridized carbons (Fsp3) is 0.438. The number of rotatable bonds is 6. The standard InChI is InChI=1S/C16H20N4O3/c21-15(17-7-4-8-20-9-11-22-12-10-20)16-18-14(19-23-16)13-5-2-1-3-6-13/h1-3,5-6H,4,7-12H2,(H,17,21)/p+1. The first-order chi connectivity index (χ1) is 11.3. The van der Waals surface area contributed by atoms with Crippen molar-refractivity contribution in [2.75, 3.05) is 39.4 Å². The molecule has 2 aromatic rings. The van der Waals surface area contributed by atoms with E-state index in [1.54, 1.807) is 0 Å². The number of carbonyl (C=O) groups excluding carboxylic acids is 1. The van der Waals surface area contributed by atoms with Crippen LogP contribution in [0.15, 0.2) is 34.9 Å². The Balaban J connectivity index is 1.44. The number of hydrogen-bond donors (Lipinski definition) is 2. The van der Waals surface area contributed by atoms with Gasteiger partial charge < -0.3 is 19.5 Å². The van der Waals surface area contributed by atoms with Crippen LogP contribution in [0, 0.1) is 0 Å². The lowest BCUT2D eigenvalue weighted by Gasteiger charge is -2.23. The van der Waals surface area contributed by atoms with Crippen LogP contribution in [0.3, 0.4) is 0 Å². The van der Waals surface area contributed by atoms with Crippen molar-refractivity contribution in [1.82, 2.24) is 15.5 Å². The Kier molecular flexibility index (Phi) is 5.33. The summed E-state index contributed by atoms with van der Waals surface area (Å²) in [5.74, 6) is 0.104. The molecule has 7 heteroatoms. The minimum absolute atomic E-state index is 0.00238. The Bertz CT molecular complexity index is 623. The largest absolute Gasteiger partial charge is 0.370 e. The molecule has 7 nitrogen and oxygen atoms in total. The Morgan fingerprint density at radius 3 is 2.78 bits per heavy atom.